The quantitative estimate of drug-likeness (QED) is 0.227. The molecule has 0 aliphatic carbocycles. The minimum atomic E-state index is -1.55. The molecule has 0 aromatic rings. The summed E-state index contributed by atoms with van der Waals surface area (Å²) in [5, 5.41) is 0. The molecule has 20 heavy (non-hydrogen) atoms. The first-order valence-corrected chi connectivity index (χ1v) is 10.5. The van der Waals surface area contributed by atoms with Crippen molar-refractivity contribution < 1.29 is 14.0 Å². The average Bonchev–Trinajstić information content (AvgIpc) is 2.39. The summed E-state index contributed by atoms with van der Waals surface area (Å²) in [7, 11) is -1.55. The van der Waals surface area contributed by atoms with Crippen LogP contribution in [0.15, 0.2) is 12.2 Å². The normalized spacial score (nSPS) is 11.4. The molecule has 0 unspecified atom stereocenters. The molecule has 0 aliphatic rings. The zero-order chi connectivity index (χ0) is 15.4. The van der Waals surface area contributed by atoms with Gasteiger partial charge in [0.25, 0.3) is 0 Å². The second-order valence-electron chi connectivity index (χ2n) is 5.55. The van der Waals surface area contributed by atoms with Crippen LogP contribution in [0.5, 0.6) is 0 Å². The summed E-state index contributed by atoms with van der Waals surface area (Å²) in [6.07, 6.45) is 4.40. The highest BCUT2D eigenvalue weighted by Crippen LogP contribution is 2.27. The van der Waals surface area contributed by atoms with Crippen LogP contribution in [0, 0.1) is 0 Å². The smallest absolute Gasteiger partial charge is 0.333 e. The third-order valence-electron chi connectivity index (χ3n) is 3.40. The average molecular weight is 301 g/mol. The van der Waals surface area contributed by atoms with Gasteiger partial charge in [-0.2, -0.15) is 0 Å². The standard InChI is InChI=1S/C16H32O3Si/c1-6-12-20(13-7-2,14-8-3)19-11-9-10-18-16(17)15(4)5/h4,6-14H2,1-3,5H3. The molecule has 0 radical (unpaired) electrons. The van der Waals surface area contributed by atoms with Crippen molar-refractivity contribution >= 4 is 14.3 Å². The van der Waals surface area contributed by atoms with E-state index in [9.17, 15) is 4.79 Å². The minimum Gasteiger partial charge on any atom is -0.462 e. The topological polar surface area (TPSA) is 35.5 Å². The lowest BCUT2D eigenvalue weighted by Crippen LogP contribution is -2.38. The lowest BCUT2D eigenvalue weighted by Gasteiger charge is -2.31. The van der Waals surface area contributed by atoms with Crippen molar-refractivity contribution in [2.75, 3.05) is 13.2 Å². The SMILES string of the molecule is C=C(C)C(=O)OCCCO[Si](CCC)(CCC)CCC. The van der Waals surface area contributed by atoms with Gasteiger partial charge < -0.3 is 9.16 Å². The molecule has 0 amide bonds. The fraction of sp³-hybridized carbons (Fsp3) is 0.812. The highest BCUT2D eigenvalue weighted by molar-refractivity contribution is 6.73. The van der Waals surface area contributed by atoms with Crippen LogP contribution in [0.2, 0.25) is 18.1 Å². The Kier molecular flexibility index (Phi) is 10.8. The summed E-state index contributed by atoms with van der Waals surface area (Å²) in [5.74, 6) is -0.302. The molecule has 0 rings (SSSR count). The number of carbonyl (C=O) groups excluding carboxylic acids is 1. The van der Waals surface area contributed by atoms with Crippen LogP contribution in [0.25, 0.3) is 0 Å². The maximum Gasteiger partial charge on any atom is 0.333 e. The number of rotatable bonds is 12. The Morgan fingerprint density at radius 3 is 1.90 bits per heavy atom. The first kappa shape index (κ1) is 19.4. The van der Waals surface area contributed by atoms with Crippen molar-refractivity contribution in [3.05, 3.63) is 12.2 Å². The first-order chi connectivity index (χ1) is 9.51. The molecule has 0 fully saturated rings. The Morgan fingerprint density at radius 2 is 1.50 bits per heavy atom. The van der Waals surface area contributed by atoms with Gasteiger partial charge in [0, 0.05) is 18.6 Å². The van der Waals surface area contributed by atoms with Crippen LogP contribution < -0.4 is 0 Å². The van der Waals surface area contributed by atoms with E-state index in [2.05, 4.69) is 27.4 Å². The maximum atomic E-state index is 11.3. The van der Waals surface area contributed by atoms with Crippen LogP contribution in [0.1, 0.15) is 53.4 Å². The summed E-state index contributed by atoms with van der Waals surface area (Å²) >= 11 is 0. The van der Waals surface area contributed by atoms with Crippen molar-refractivity contribution in [2.24, 2.45) is 0 Å². The number of hydrogen-bond donors (Lipinski definition) is 0. The minimum absolute atomic E-state index is 0.302. The molecule has 0 aromatic carbocycles. The van der Waals surface area contributed by atoms with Crippen molar-refractivity contribution in [3.8, 4) is 0 Å². The highest BCUT2D eigenvalue weighted by Gasteiger charge is 2.31. The summed E-state index contributed by atoms with van der Waals surface area (Å²) in [5.41, 5.74) is 0.456. The zero-order valence-electron chi connectivity index (χ0n) is 13.8. The molecular weight excluding hydrogens is 268 g/mol. The summed E-state index contributed by atoms with van der Waals surface area (Å²) < 4.78 is 11.4. The lowest BCUT2D eigenvalue weighted by atomic mass is 10.4. The Morgan fingerprint density at radius 1 is 1.00 bits per heavy atom. The molecule has 3 nitrogen and oxygen atoms in total. The van der Waals surface area contributed by atoms with E-state index < -0.39 is 8.32 Å². The zero-order valence-corrected chi connectivity index (χ0v) is 14.8. The van der Waals surface area contributed by atoms with Gasteiger partial charge in [-0.15, -0.1) is 0 Å². The second-order valence-corrected chi connectivity index (χ2v) is 9.71. The Labute approximate surface area is 125 Å². The number of ether oxygens (including phenoxy) is 1. The van der Waals surface area contributed by atoms with Gasteiger partial charge in [-0.25, -0.2) is 4.79 Å². The van der Waals surface area contributed by atoms with Gasteiger partial charge >= 0.3 is 5.97 Å². The molecule has 118 valence electrons. The van der Waals surface area contributed by atoms with E-state index in [1.54, 1.807) is 6.92 Å². The number of hydrogen-bond acceptors (Lipinski definition) is 3. The van der Waals surface area contributed by atoms with Gasteiger partial charge in [0.1, 0.15) is 0 Å². The Bertz CT molecular complexity index is 272. The van der Waals surface area contributed by atoms with Gasteiger partial charge in [0.2, 0.25) is 0 Å². The van der Waals surface area contributed by atoms with Gasteiger partial charge in [-0.3, -0.25) is 0 Å². The molecule has 4 heteroatoms. The van der Waals surface area contributed by atoms with E-state index in [0.29, 0.717) is 12.2 Å². The van der Waals surface area contributed by atoms with Gasteiger partial charge in [-0.1, -0.05) is 46.6 Å². The summed E-state index contributed by atoms with van der Waals surface area (Å²) in [6.45, 7) is 13.1. The molecule has 0 bridgehead atoms. The monoisotopic (exact) mass is 300 g/mol. The van der Waals surface area contributed by atoms with Crippen molar-refractivity contribution in [1.29, 1.82) is 0 Å². The van der Waals surface area contributed by atoms with Crippen LogP contribution in [-0.4, -0.2) is 27.5 Å². The maximum absolute atomic E-state index is 11.3. The Hall–Kier alpha value is -0.613. The van der Waals surface area contributed by atoms with Crippen LogP contribution in [0.3, 0.4) is 0 Å². The highest BCUT2D eigenvalue weighted by atomic mass is 28.4. The van der Waals surface area contributed by atoms with E-state index >= 15 is 0 Å². The second kappa shape index (κ2) is 11.1. The molecule has 0 aliphatic heterocycles. The molecule has 0 aromatic heterocycles. The van der Waals surface area contributed by atoms with Gasteiger partial charge in [0.15, 0.2) is 8.32 Å². The van der Waals surface area contributed by atoms with Crippen LogP contribution in [0.4, 0.5) is 0 Å². The fourth-order valence-corrected chi connectivity index (χ4v) is 7.09. The van der Waals surface area contributed by atoms with Gasteiger partial charge in [-0.05, 0) is 25.1 Å². The lowest BCUT2D eigenvalue weighted by molar-refractivity contribution is -0.139. The van der Waals surface area contributed by atoms with Gasteiger partial charge in [0.05, 0.1) is 6.61 Å². The summed E-state index contributed by atoms with van der Waals surface area (Å²) in [6, 6.07) is 3.75. The third-order valence-corrected chi connectivity index (χ3v) is 8.45. The van der Waals surface area contributed by atoms with Crippen molar-refractivity contribution in [3.63, 3.8) is 0 Å². The number of esters is 1. The number of carbonyl (C=O) groups is 1. The molecular formula is C16H32O3Si. The first-order valence-electron chi connectivity index (χ1n) is 7.98. The molecule has 0 spiro atoms. The largest absolute Gasteiger partial charge is 0.462 e. The fourth-order valence-electron chi connectivity index (χ4n) is 2.59. The predicted molar refractivity (Wildman–Crippen MR) is 87.4 cm³/mol. The molecule has 0 heterocycles. The van der Waals surface area contributed by atoms with E-state index in [-0.39, 0.29) is 5.97 Å². The van der Waals surface area contributed by atoms with E-state index in [4.69, 9.17) is 9.16 Å². The van der Waals surface area contributed by atoms with Crippen molar-refractivity contribution in [1.82, 2.24) is 0 Å². The van der Waals surface area contributed by atoms with Crippen molar-refractivity contribution in [2.45, 2.75) is 71.5 Å². The van der Waals surface area contributed by atoms with E-state index in [0.717, 1.165) is 13.0 Å². The predicted octanol–water partition coefficient (Wildman–Crippen LogP) is 4.69. The van der Waals surface area contributed by atoms with Crippen LogP contribution >= 0.6 is 0 Å². The molecule has 0 N–H and O–H groups in total. The third kappa shape index (κ3) is 7.85. The van der Waals surface area contributed by atoms with E-state index in [1.807, 2.05) is 0 Å². The summed E-state index contributed by atoms with van der Waals surface area (Å²) in [4.78, 5) is 11.3. The Balaban J connectivity index is 4.12. The van der Waals surface area contributed by atoms with E-state index in [1.165, 1.54) is 37.4 Å². The molecule has 0 saturated carbocycles. The van der Waals surface area contributed by atoms with Crippen LogP contribution in [-0.2, 0) is 14.0 Å². The molecule has 0 atom stereocenters. The molecule has 0 saturated heterocycles.